The fraction of sp³-hybridized carbons (Fsp3) is 0.231. The van der Waals surface area contributed by atoms with Crippen LogP contribution >= 0.6 is 0 Å². The molecule has 2 heterocycles. The topological polar surface area (TPSA) is 54.8 Å². The van der Waals surface area contributed by atoms with Crippen molar-refractivity contribution in [1.82, 2.24) is 9.58 Å². The van der Waals surface area contributed by atoms with Crippen LogP contribution in [0.15, 0.2) is 131 Å². The number of aromatic nitrogens is 1. The van der Waals surface area contributed by atoms with Gasteiger partial charge in [-0.25, -0.2) is 13.2 Å². The summed E-state index contributed by atoms with van der Waals surface area (Å²) in [6, 6.07) is 24.9. The van der Waals surface area contributed by atoms with Crippen molar-refractivity contribution in [3.63, 3.8) is 0 Å². The predicted octanol–water partition coefficient (Wildman–Crippen LogP) is 6.69. The summed E-state index contributed by atoms with van der Waals surface area (Å²) >= 11 is 0. The number of alkyl halides is 1. The molecule has 0 fully saturated rings. The van der Waals surface area contributed by atoms with Crippen molar-refractivity contribution in [1.29, 1.82) is 0 Å². The number of carbonyl (C=O) groups is 1. The number of hydrogen-bond acceptors (Lipinski definition) is 4. The van der Waals surface area contributed by atoms with Gasteiger partial charge in [-0.15, -0.1) is 0 Å². The van der Waals surface area contributed by atoms with Gasteiger partial charge in [0.05, 0.1) is 0 Å². The van der Waals surface area contributed by atoms with E-state index in [-0.39, 0.29) is 37.1 Å². The summed E-state index contributed by atoms with van der Waals surface area (Å²) in [5.74, 6) is -2.53. The van der Waals surface area contributed by atoms with Crippen molar-refractivity contribution in [3.8, 4) is 5.75 Å². The van der Waals surface area contributed by atoms with Crippen molar-refractivity contribution in [2.24, 2.45) is 5.92 Å². The third kappa shape index (κ3) is 4.55. The lowest BCUT2D eigenvalue weighted by Gasteiger charge is -2.51. The van der Waals surface area contributed by atoms with Gasteiger partial charge in [-0.05, 0) is 70.0 Å². The van der Waals surface area contributed by atoms with Crippen LogP contribution < -0.4 is 15.2 Å². The molecule has 0 bridgehead atoms. The highest BCUT2D eigenvalue weighted by Gasteiger charge is 2.59. The Morgan fingerprint density at radius 3 is 2.50 bits per heavy atom. The van der Waals surface area contributed by atoms with Gasteiger partial charge >= 0.3 is 0 Å². The second-order valence-electron chi connectivity index (χ2n) is 12.8. The number of fused-ring (bicyclic) bond motifs is 5. The number of halogens is 3. The minimum absolute atomic E-state index is 0.0399. The fourth-order valence-corrected chi connectivity index (χ4v) is 7.87. The normalized spacial score (nSPS) is 22.5. The van der Waals surface area contributed by atoms with Gasteiger partial charge in [-0.3, -0.25) is 19.3 Å². The zero-order valence-electron chi connectivity index (χ0n) is 26.2. The Morgan fingerprint density at radius 2 is 1.69 bits per heavy atom. The Kier molecular flexibility index (Phi) is 7.16. The molecule has 1 amide bonds. The van der Waals surface area contributed by atoms with Gasteiger partial charge in [0.15, 0.2) is 17.6 Å². The maximum atomic E-state index is 15.7. The molecule has 4 aliphatic rings. The zero-order chi connectivity index (χ0) is 33.2. The van der Waals surface area contributed by atoms with E-state index in [1.807, 2.05) is 65.7 Å². The number of pyridine rings is 1. The third-order valence-electron chi connectivity index (χ3n) is 10.00. The van der Waals surface area contributed by atoms with Crippen LogP contribution in [0.25, 0.3) is 0 Å². The van der Waals surface area contributed by atoms with Crippen LogP contribution in [-0.2, 0) is 25.0 Å². The summed E-state index contributed by atoms with van der Waals surface area (Å²) in [7, 11) is 0. The average Bonchev–Trinajstić information content (AvgIpc) is 3.58. The summed E-state index contributed by atoms with van der Waals surface area (Å²) < 4.78 is 52.5. The van der Waals surface area contributed by atoms with E-state index < -0.39 is 34.8 Å². The first kappa shape index (κ1) is 30.1. The second-order valence-corrected chi connectivity index (χ2v) is 12.8. The Balaban J connectivity index is 1.32. The van der Waals surface area contributed by atoms with E-state index >= 15 is 4.39 Å². The van der Waals surface area contributed by atoms with E-state index in [1.54, 1.807) is 34.8 Å². The zero-order valence-corrected chi connectivity index (χ0v) is 26.2. The highest BCUT2D eigenvalue weighted by atomic mass is 19.2. The largest absolute Gasteiger partial charge is 0.482 e. The minimum Gasteiger partial charge on any atom is -0.482 e. The number of amides is 1. The van der Waals surface area contributed by atoms with Crippen molar-refractivity contribution in [2.45, 2.75) is 38.1 Å². The SMILES string of the molecule is CC1C2=C(C=C(F)C1F)C=C1Cc3ccccc3C12N1CN(CCc2cccc(F)c2)C(=O)c2c(OCc3ccccc3)c(=O)ccn21. The van der Waals surface area contributed by atoms with Crippen LogP contribution in [0.1, 0.15) is 39.7 Å². The second kappa shape index (κ2) is 11.4. The van der Waals surface area contributed by atoms with Gasteiger partial charge < -0.3 is 9.64 Å². The van der Waals surface area contributed by atoms with E-state index in [0.29, 0.717) is 29.6 Å². The fourth-order valence-electron chi connectivity index (χ4n) is 7.87. The Labute approximate surface area is 275 Å². The molecule has 3 aliphatic carbocycles. The molecule has 0 N–H and O–H groups in total. The lowest BCUT2D eigenvalue weighted by Crippen LogP contribution is -2.63. The molecule has 3 atom stereocenters. The van der Waals surface area contributed by atoms with Crippen molar-refractivity contribution >= 4 is 5.91 Å². The standard InChI is InChI=1S/C39H32F3N3O3/c1-24-34-28(21-32(41)35(24)42)20-29-19-27-11-5-6-13-31(27)39(29,34)45-23-43(16-14-25-10-7-12-30(40)18-25)38(47)36-37(33(46)15-17-44(36)45)48-22-26-8-3-2-4-9-26/h2-13,15,17-18,20-21,24,35H,14,16,19,22-23H2,1H3. The number of nitrogens with zero attached hydrogens (tertiary/aromatic N) is 3. The van der Waals surface area contributed by atoms with Crippen LogP contribution in [0, 0.1) is 11.7 Å². The minimum atomic E-state index is -1.84. The first-order valence-corrected chi connectivity index (χ1v) is 16.1. The monoisotopic (exact) mass is 647 g/mol. The van der Waals surface area contributed by atoms with Crippen LogP contribution in [-0.4, -0.2) is 34.9 Å². The number of ether oxygens (including phenoxy) is 1. The molecular formula is C39H32F3N3O3. The van der Waals surface area contributed by atoms with Crippen molar-refractivity contribution in [3.05, 3.63) is 170 Å². The smallest absolute Gasteiger partial charge is 0.277 e. The van der Waals surface area contributed by atoms with E-state index in [0.717, 1.165) is 22.3 Å². The Morgan fingerprint density at radius 1 is 0.917 bits per heavy atom. The lowest BCUT2D eigenvalue weighted by molar-refractivity contribution is 0.0662. The molecule has 3 aromatic carbocycles. The van der Waals surface area contributed by atoms with Gasteiger partial charge in [-0.2, -0.15) is 0 Å². The molecule has 8 rings (SSSR count). The Hall–Kier alpha value is -5.31. The quantitative estimate of drug-likeness (QED) is 0.225. The highest BCUT2D eigenvalue weighted by molar-refractivity contribution is 5.96. The van der Waals surface area contributed by atoms with Gasteiger partial charge in [0, 0.05) is 24.7 Å². The maximum Gasteiger partial charge on any atom is 0.277 e. The number of benzene rings is 3. The number of allylic oxidation sites excluding steroid dienone is 4. The summed E-state index contributed by atoms with van der Waals surface area (Å²) in [4.78, 5) is 29.6. The summed E-state index contributed by atoms with van der Waals surface area (Å²) in [5, 5.41) is 1.99. The number of rotatable bonds is 7. The molecule has 0 saturated carbocycles. The van der Waals surface area contributed by atoms with Crippen molar-refractivity contribution in [2.75, 3.05) is 18.2 Å². The number of hydrogen-bond donors (Lipinski definition) is 0. The van der Waals surface area contributed by atoms with Crippen LogP contribution in [0.4, 0.5) is 13.2 Å². The average molecular weight is 648 g/mol. The molecule has 9 heteroatoms. The van der Waals surface area contributed by atoms with Gasteiger partial charge in [0.2, 0.25) is 5.43 Å². The molecule has 0 saturated heterocycles. The number of carbonyl (C=O) groups excluding carboxylic acids is 1. The third-order valence-corrected chi connectivity index (χ3v) is 10.00. The first-order valence-electron chi connectivity index (χ1n) is 16.1. The van der Waals surface area contributed by atoms with E-state index in [1.165, 1.54) is 24.3 Å². The molecule has 48 heavy (non-hydrogen) atoms. The first-order chi connectivity index (χ1) is 23.3. The maximum absolute atomic E-state index is 15.7. The van der Waals surface area contributed by atoms with E-state index in [4.69, 9.17) is 4.74 Å². The molecule has 242 valence electrons. The molecule has 6 nitrogen and oxygen atoms in total. The Bertz CT molecular complexity index is 2120. The molecule has 4 aromatic rings. The molecule has 0 spiro atoms. The summed E-state index contributed by atoms with van der Waals surface area (Å²) in [5.41, 5.74) is 4.23. The molecule has 0 radical (unpaired) electrons. The highest BCUT2D eigenvalue weighted by Crippen LogP contribution is 2.59. The predicted molar refractivity (Wildman–Crippen MR) is 176 cm³/mol. The van der Waals surface area contributed by atoms with E-state index in [9.17, 15) is 18.4 Å². The van der Waals surface area contributed by atoms with Crippen LogP contribution in [0.5, 0.6) is 5.75 Å². The molecule has 1 aliphatic heterocycles. The molecule has 1 aromatic heterocycles. The molecular weight excluding hydrogens is 615 g/mol. The van der Waals surface area contributed by atoms with Gasteiger partial charge in [0.25, 0.3) is 5.91 Å². The summed E-state index contributed by atoms with van der Waals surface area (Å²) in [6.45, 7) is 2.02. The van der Waals surface area contributed by atoms with Gasteiger partial charge in [-0.1, -0.05) is 79.7 Å². The molecule has 3 unspecified atom stereocenters. The van der Waals surface area contributed by atoms with Crippen LogP contribution in [0.3, 0.4) is 0 Å². The summed E-state index contributed by atoms with van der Waals surface area (Å²) in [6.07, 6.45) is 3.86. The van der Waals surface area contributed by atoms with E-state index in [2.05, 4.69) is 0 Å². The van der Waals surface area contributed by atoms with Crippen molar-refractivity contribution < 1.29 is 22.7 Å². The lowest BCUT2D eigenvalue weighted by atomic mass is 9.73. The van der Waals surface area contributed by atoms with Crippen LogP contribution in [0.2, 0.25) is 0 Å². The van der Waals surface area contributed by atoms with Gasteiger partial charge in [0.1, 0.15) is 30.5 Å².